The normalized spacial score (nSPS) is 28.9. The van der Waals surface area contributed by atoms with E-state index in [0.29, 0.717) is 0 Å². The van der Waals surface area contributed by atoms with E-state index in [4.69, 9.17) is 16.9 Å². The Morgan fingerprint density at radius 2 is 2.38 bits per heavy atom. The fourth-order valence-corrected chi connectivity index (χ4v) is 2.36. The van der Waals surface area contributed by atoms with Gasteiger partial charge >= 0.3 is 6.08 Å². The SMILES string of the molecule is C#CC1(CO)O[C@H](n2cnc3c(N)nc(F)nc32)C[C@@H]1O. The molecule has 1 aliphatic heterocycles. The minimum absolute atomic E-state index is 0.0971. The van der Waals surface area contributed by atoms with Gasteiger partial charge in [-0.2, -0.15) is 14.4 Å². The molecule has 0 radical (unpaired) electrons. The molecule has 21 heavy (non-hydrogen) atoms. The smallest absolute Gasteiger partial charge is 0.312 e. The number of terminal acetylenes is 1. The van der Waals surface area contributed by atoms with Gasteiger partial charge in [-0.05, 0) is 0 Å². The van der Waals surface area contributed by atoms with E-state index in [2.05, 4.69) is 20.9 Å². The lowest BCUT2D eigenvalue weighted by Gasteiger charge is -2.23. The number of anilines is 1. The van der Waals surface area contributed by atoms with Crippen LogP contribution in [0.5, 0.6) is 0 Å². The molecular weight excluding hydrogens is 281 g/mol. The van der Waals surface area contributed by atoms with E-state index in [-0.39, 0.29) is 23.4 Å². The van der Waals surface area contributed by atoms with Gasteiger partial charge in [0.15, 0.2) is 22.6 Å². The quantitative estimate of drug-likeness (QED) is 0.489. The van der Waals surface area contributed by atoms with Gasteiger partial charge in [0, 0.05) is 6.42 Å². The maximum Gasteiger partial charge on any atom is 0.312 e. The summed E-state index contributed by atoms with van der Waals surface area (Å²) in [6.07, 6.45) is 3.95. The number of imidazole rings is 1. The topological polar surface area (TPSA) is 119 Å². The Labute approximate surface area is 118 Å². The molecule has 1 fully saturated rings. The molecule has 3 heterocycles. The van der Waals surface area contributed by atoms with E-state index in [1.807, 2.05) is 0 Å². The zero-order valence-electron chi connectivity index (χ0n) is 10.8. The van der Waals surface area contributed by atoms with Crippen molar-refractivity contribution in [3.8, 4) is 12.3 Å². The Morgan fingerprint density at radius 3 is 3.00 bits per heavy atom. The molecule has 9 heteroatoms. The van der Waals surface area contributed by atoms with E-state index in [1.165, 1.54) is 10.9 Å². The second-order valence-electron chi connectivity index (χ2n) is 4.72. The number of rotatable bonds is 2. The lowest BCUT2D eigenvalue weighted by Crippen LogP contribution is -2.41. The average Bonchev–Trinajstić information content (AvgIpc) is 3.00. The van der Waals surface area contributed by atoms with Crippen LogP contribution in [-0.2, 0) is 4.74 Å². The third-order valence-corrected chi connectivity index (χ3v) is 3.52. The van der Waals surface area contributed by atoms with Crippen LogP contribution in [0.2, 0.25) is 0 Å². The molecule has 1 unspecified atom stereocenters. The van der Waals surface area contributed by atoms with Crippen LogP contribution in [0.4, 0.5) is 10.2 Å². The van der Waals surface area contributed by atoms with Crippen LogP contribution in [0, 0.1) is 18.4 Å². The van der Waals surface area contributed by atoms with E-state index >= 15 is 0 Å². The van der Waals surface area contributed by atoms with Crippen molar-refractivity contribution < 1.29 is 19.3 Å². The van der Waals surface area contributed by atoms with Gasteiger partial charge in [0.1, 0.15) is 12.3 Å². The van der Waals surface area contributed by atoms with Crippen molar-refractivity contribution in [3.63, 3.8) is 0 Å². The maximum absolute atomic E-state index is 13.3. The average molecular weight is 293 g/mol. The Hall–Kier alpha value is -2.28. The fourth-order valence-electron chi connectivity index (χ4n) is 2.36. The Morgan fingerprint density at radius 1 is 1.62 bits per heavy atom. The standard InChI is InChI=1S/C12H12FN5O3/c1-2-12(4-19)6(20)3-7(21-12)18-5-15-8-9(14)16-11(13)17-10(8)18/h1,5-7,19-20H,3-4H2,(H2,14,16,17)/t6-,7-,12?/m0/s1. The van der Waals surface area contributed by atoms with E-state index in [9.17, 15) is 14.6 Å². The molecule has 8 nitrogen and oxygen atoms in total. The minimum Gasteiger partial charge on any atom is -0.392 e. The van der Waals surface area contributed by atoms with E-state index < -0.39 is 30.6 Å². The van der Waals surface area contributed by atoms with Crippen LogP contribution in [0.1, 0.15) is 12.6 Å². The molecular formula is C12H12FN5O3. The van der Waals surface area contributed by atoms with Gasteiger partial charge in [-0.15, -0.1) is 6.42 Å². The summed E-state index contributed by atoms with van der Waals surface area (Å²) in [4.78, 5) is 11.0. The summed E-state index contributed by atoms with van der Waals surface area (Å²) in [6.45, 7) is -0.542. The van der Waals surface area contributed by atoms with Crippen molar-refractivity contribution in [1.29, 1.82) is 0 Å². The summed E-state index contributed by atoms with van der Waals surface area (Å²) in [5.41, 5.74) is 4.42. The lowest BCUT2D eigenvalue weighted by atomic mass is 9.99. The molecule has 110 valence electrons. The molecule has 2 aromatic heterocycles. The molecule has 4 N–H and O–H groups in total. The monoisotopic (exact) mass is 293 g/mol. The van der Waals surface area contributed by atoms with Crippen molar-refractivity contribution in [2.45, 2.75) is 24.4 Å². The molecule has 0 aliphatic carbocycles. The number of aliphatic hydroxyl groups is 2. The van der Waals surface area contributed by atoms with Crippen molar-refractivity contribution >= 4 is 17.0 Å². The van der Waals surface area contributed by atoms with Crippen molar-refractivity contribution in [2.75, 3.05) is 12.3 Å². The van der Waals surface area contributed by atoms with Gasteiger partial charge in [-0.1, -0.05) is 5.92 Å². The molecule has 1 saturated heterocycles. The summed E-state index contributed by atoms with van der Waals surface area (Å²) in [7, 11) is 0. The van der Waals surface area contributed by atoms with Gasteiger partial charge in [-0.25, -0.2) is 4.98 Å². The van der Waals surface area contributed by atoms with Crippen molar-refractivity contribution in [1.82, 2.24) is 19.5 Å². The van der Waals surface area contributed by atoms with Gasteiger partial charge in [-0.3, -0.25) is 4.57 Å². The first kappa shape index (κ1) is 13.7. The number of ether oxygens (including phenoxy) is 1. The highest BCUT2D eigenvalue weighted by atomic mass is 19.1. The highest BCUT2D eigenvalue weighted by Gasteiger charge is 2.47. The van der Waals surface area contributed by atoms with Crippen LogP contribution < -0.4 is 5.73 Å². The first-order valence-corrected chi connectivity index (χ1v) is 6.11. The van der Waals surface area contributed by atoms with Crippen LogP contribution >= 0.6 is 0 Å². The summed E-state index contributed by atoms with van der Waals surface area (Å²) < 4.78 is 20.2. The predicted octanol–water partition coefficient (Wildman–Crippen LogP) is -0.808. The zero-order valence-corrected chi connectivity index (χ0v) is 10.8. The van der Waals surface area contributed by atoms with E-state index in [1.54, 1.807) is 0 Å². The Balaban J connectivity index is 2.05. The summed E-state index contributed by atoms with van der Waals surface area (Å²) >= 11 is 0. The number of nitrogens with zero attached hydrogens (tertiary/aromatic N) is 4. The molecule has 0 aromatic carbocycles. The fraction of sp³-hybridized carbons (Fsp3) is 0.417. The summed E-state index contributed by atoms with van der Waals surface area (Å²) in [5, 5.41) is 19.3. The second-order valence-corrected chi connectivity index (χ2v) is 4.72. The number of nitrogens with two attached hydrogens (primary N) is 1. The number of hydrogen-bond donors (Lipinski definition) is 3. The number of halogens is 1. The summed E-state index contributed by atoms with van der Waals surface area (Å²) in [6, 6.07) is 0. The molecule has 0 bridgehead atoms. The van der Waals surface area contributed by atoms with Gasteiger partial charge in [0.25, 0.3) is 0 Å². The minimum atomic E-state index is -1.50. The second kappa shape index (κ2) is 4.63. The van der Waals surface area contributed by atoms with Crippen molar-refractivity contribution in [3.05, 3.63) is 12.4 Å². The summed E-state index contributed by atoms with van der Waals surface area (Å²) in [5.74, 6) is 2.16. The molecule has 1 aliphatic rings. The molecule has 2 aromatic rings. The van der Waals surface area contributed by atoms with Gasteiger partial charge in [0.05, 0.1) is 12.9 Å². The number of aliphatic hydroxyl groups excluding tert-OH is 2. The molecule has 3 rings (SSSR count). The first-order valence-electron chi connectivity index (χ1n) is 6.11. The molecule has 0 saturated carbocycles. The highest BCUT2D eigenvalue weighted by molar-refractivity contribution is 5.81. The van der Waals surface area contributed by atoms with Crippen LogP contribution in [0.3, 0.4) is 0 Å². The molecule has 3 atom stereocenters. The third-order valence-electron chi connectivity index (χ3n) is 3.52. The maximum atomic E-state index is 13.3. The van der Waals surface area contributed by atoms with Crippen LogP contribution in [0.15, 0.2) is 6.33 Å². The number of nitrogen functional groups attached to an aromatic ring is 1. The highest BCUT2D eigenvalue weighted by Crippen LogP contribution is 2.37. The van der Waals surface area contributed by atoms with Gasteiger partial charge < -0.3 is 20.7 Å². The number of fused-ring (bicyclic) bond motifs is 1. The van der Waals surface area contributed by atoms with Crippen LogP contribution in [-0.4, -0.2) is 48.0 Å². The Bertz CT molecular complexity index is 742. The molecule has 0 amide bonds. The molecule has 0 spiro atoms. The number of hydrogen-bond acceptors (Lipinski definition) is 7. The van der Waals surface area contributed by atoms with Gasteiger partial charge in [0.2, 0.25) is 0 Å². The first-order chi connectivity index (χ1) is 10.0. The lowest BCUT2D eigenvalue weighted by molar-refractivity contribution is -0.0891. The number of aromatic nitrogens is 4. The van der Waals surface area contributed by atoms with Crippen LogP contribution in [0.25, 0.3) is 11.2 Å². The van der Waals surface area contributed by atoms with E-state index in [0.717, 1.165) is 0 Å². The largest absolute Gasteiger partial charge is 0.392 e. The third kappa shape index (κ3) is 1.92. The zero-order chi connectivity index (χ0) is 15.2. The predicted molar refractivity (Wildman–Crippen MR) is 69.1 cm³/mol. The Kier molecular flexibility index (Phi) is 3.02. The van der Waals surface area contributed by atoms with Crippen molar-refractivity contribution in [2.24, 2.45) is 0 Å².